The molecule has 2 atom stereocenters. The maximum atomic E-state index is 12.1. The maximum Gasteiger partial charge on any atom is 0.226 e. The highest BCUT2D eigenvalue weighted by Crippen LogP contribution is 2.22. The lowest BCUT2D eigenvalue weighted by atomic mass is 10.1. The molecule has 0 aromatic carbocycles. The molecular weight excluding hydrogens is 224 g/mol. The zero-order chi connectivity index (χ0) is 11.5. The molecule has 2 aliphatic rings. The minimum atomic E-state index is -0.0328. The van der Waals surface area contributed by atoms with Crippen molar-refractivity contribution in [3.63, 3.8) is 0 Å². The molecule has 0 radical (unpaired) electrons. The lowest BCUT2D eigenvalue weighted by molar-refractivity contribution is -0.134. The van der Waals surface area contributed by atoms with Crippen LogP contribution in [0.3, 0.4) is 0 Å². The van der Waals surface area contributed by atoms with Gasteiger partial charge in [0.05, 0.1) is 0 Å². The number of amides is 1. The van der Waals surface area contributed by atoms with Crippen LogP contribution in [0.5, 0.6) is 0 Å². The molecule has 3 nitrogen and oxygen atoms in total. The monoisotopic (exact) mass is 244 g/mol. The second-order valence-corrected chi connectivity index (χ2v) is 5.33. The summed E-state index contributed by atoms with van der Waals surface area (Å²) in [5.74, 6) is 0.641. The van der Waals surface area contributed by atoms with Crippen LogP contribution in [-0.4, -0.2) is 53.8 Å². The fraction of sp³-hybridized carbons (Fsp3) is 0.917. The van der Waals surface area contributed by atoms with Gasteiger partial charge in [-0.2, -0.15) is 0 Å². The molecule has 0 aliphatic carbocycles. The van der Waals surface area contributed by atoms with Crippen molar-refractivity contribution in [2.24, 2.45) is 5.92 Å². The molecule has 0 spiro atoms. The van der Waals surface area contributed by atoms with E-state index in [1.54, 1.807) is 0 Å². The Hall–Kier alpha value is -0.280. The average molecular weight is 245 g/mol. The predicted octanol–water partition coefficient (Wildman–Crippen LogP) is 1.56. The molecule has 2 aliphatic heterocycles. The Balaban J connectivity index is 1.97. The summed E-state index contributed by atoms with van der Waals surface area (Å²) < 4.78 is 0. The molecule has 0 saturated carbocycles. The number of carbonyl (C=O) groups excluding carboxylic acids is 1. The van der Waals surface area contributed by atoms with E-state index in [4.69, 9.17) is 11.6 Å². The first-order valence-corrected chi connectivity index (χ1v) is 6.84. The van der Waals surface area contributed by atoms with Crippen LogP contribution in [0, 0.1) is 5.92 Å². The van der Waals surface area contributed by atoms with Crippen molar-refractivity contribution in [1.29, 1.82) is 0 Å². The Bertz CT molecular complexity index is 259. The van der Waals surface area contributed by atoms with E-state index in [2.05, 4.69) is 4.90 Å². The lowest BCUT2D eigenvalue weighted by Crippen LogP contribution is -2.42. The summed E-state index contributed by atoms with van der Waals surface area (Å²) >= 11 is 5.76. The molecule has 2 fully saturated rings. The van der Waals surface area contributed by atoms with Gasteiger partial charge >= 0.3 is 0 Å². The molecular formula is C12H21ClN2O. The molecule has 2 saturated heterocycles. The van der Waals surface area contributed by atoms with Crippen LogP contribution in [0.1, 0.15) is 26.2 Å². The van der Waals surface area contributed by atoms with E-state index in [1.807, 2.05) is 11.8 Å². The third-order valence-electron chi connectivity index (χ3n) is 3.77. The zero-order valence-corrected chi connectivity index (χ0v) is 10.7. The molecule has 16 heavy (non-hydrogen) atoms. The van der Waals surface area contributed by atoms with Crippen LogP contribution in [0.4, 0.5) is 0 Å². The summed E-state index contributed by atoms with van der Waals surface area (Å²) in [5, 5.41) is 0. The smallest absolute Gasteiger partial charge is 0.226 e. The number of rotatable bonds is 2. The van der Waals surface area contributed by atoms with Crippen molar-refractivity contribution in [2.45, 2.75) is 32.2 Å². The number of fused-ring (bicyclic) bond motifs is 1. The second-order valence-electron chi connectivity index (χ2n) is 5.03. The first-order chi connectivity index (χ1) is 7.72. The van der Waals surface area contributed by atoms with Crippen molar-refractivity contribution in [2.75, 3.05) is 32.1 Å². The van der Waals surface area contributed by atoms with Crippen LogP contribution < -0.4 is 0 Å². The summed E-state index contributed by atoms with van der Waals surface area (Å²) in [7, 11) is 0. The Labute approximate surface area is 103 Å². The maximum absolute atomic E-state index is 12.1. The van der Waals surface area contributed by atoms with Gasteiger partial charge in [-0.15, -0.1) is 11.6 Å². The van der Waals surface area contributed by atoms with Gasteiger partial charge in [0.2, 0.25) is 5.91 Å². The van der Waals surface area contributed by atoms with Crippen molar-refractivity contribution in [1.82, 2.24) is 9.80 Å². The van der Waals surface area contributed by atoms with Crippen LogP contribution in [-0.2, 0) is 4.79 Å². The summed E-state index contributed by atoms with van der Waals surface area (Å²) in [5.41, 5.74) is 0. The summed E-state index contributed by atoms with van der Waals surface area (Å²) in [4.78, 5) is 16.7. The second kappa shape index (κ2) is 5.37. The Kier molecular flexibility index (Phi) is 4.09. The lowest BCUT2D eigenvalue weighted by Gasteiger charge is -2.27. The summed E-state index contributed by atoms with van der Waals surface area (Å²) in [6.45, 7) is 6.13. The fourth-order valence-electron chi connectivity index (χ4n) is 2.78. The van der Waals surface area contributed by atoms with E-state index in [0.29, 0.717) is 11.9 Å². The van der Waals surface area contributed by atoms with Gasteiger partial charge in [0.15, 0.2) is 0 Å². The van der Waals surface area contributed by atoms with Gasteiger partial charge in [-0.3, -0.25) is 9.69 Å². The molecule has 1 amide bonds. The van der Waals surface area contributed by atoms with Gasteiger partial charge in [0, 0.05) is 37.5 Å². The summed E-state index contributed by atoms with van der Waals surface area (Å²) in [6.07, 6.45) is 3.65. The molecule has 0 N–H and O–H groups in total. The molecule has 2 unspecified atom stereocenters. The van der Waals surface area contributed by atoms with Crippen molar-refractivity contribution in [3.05, 3.63) is 0 Å². The third-order valence-corrected chi connectivity index (χ3v) is 4.23. The van der Waals surface area contributed by atoms with Crippen molar-refractivity contribution < 1.29 is 4.79 Å². The topological polar surface area (TPSA) is 23.6 Å². The van der Waals surface area contributed by atoms with Gasteiger partial charge in [-0.1, -0.05) is 6.92 Å². The highest BCUT2D eigenvalue weighted by atomic mass is 35.5. The number of carbonyl (C=O) groups is 1. The van der Waals surface area contributed by atoms with E-state index in [0.717, 1.165) is 26.1 Å². The minimum absolute atomic E-state index is 0.0328. The molecule has 2 rings (SSSR count). The molecule has 92 valence electrons. The van der Waals surface area contributed by atoms with Gasteiger partial charge in [0.1, 0.15) is 0 Å². The Morgan fingerprint density at radius 3 is 2.88 bits per heavy atom. The number of hydrogen-bond acceptors (Lipinski definition) is 2. The van der Waals surface area contributed by atoms with Gasteiger partial charge < -0.3 is 4.90 Å². The first kappa shape index (κ1) is 12.2. The van der Waals surface area contributed by atoms with Gasteiger partial charge in [-0.25, -0.2) is 0 Å². The molecule has 0 aromatic heterocycles. The van der Waals surface area contributed by atoms with Crippen LogP contribution >= 0.6 is 11.6 Å². The van der Waals surface area contributed by atoms with E-state index >= 15 is 0 Å². The quantitative estimate of drug-likeness (QED) is 0.689. The highest BCUT2D eigenvalue weighted by Gasteiger charge is 2.31. The van der Waals surface area contributed by atoms with Crippen molar-refractivity contribution >= 4 is 17.5 Å². The van der Waals surface area contributed by atoms with Gasteiger partial charge in [0.25, 0.3) is 0 Å². The third kappa shape index (κ3) is 2.51. The molecule has 2 heterocycles. The number of hydrogen-bond donors (Lipinski definition) is 0. The number of halogens is 1. The average Bonchev–Trinajstić information content (AvgIpc) is 2.64. The first-order valence-electron chi connectivity index (χ1n) is 6.31. The van der Waals surface area contributed by atoms with Crippen molar-refractivity contribution in [3.8, 4) is 0 Å². The van der Waals surface area contributed by atoms with Crippen LogP contribution in [0.2, 0.25) is 0 Å². The predicted molar refractivity (Wildman–Crippen MR) is 65.7 cm³/mol. The Morgan fingerprint density at radius 1 is 1.38 bits per heavy atom. The SMILES string of the molecule is CC(CCl)C(=O)N1CCCN2CCCC2C1. The molecule has 4 heteroatoms. The van der Waals surface area contributed by atoms with E-state index < -0.39 is 0 Å². The molecule has 0 aromatic rings. The fourth-order valence-corrected chi connectivity index (χ4v) is 2.92. The zero-order valence-electron chi connectivity index (χ0n) is 9.99. The number of alkyl halides is 1. The van der Waals surface area contributed by atoms with Crippen LogP contribution in [0.25, 0.3) is 0 Å². The van der Waals surface area contributed by atoms with E-state index in [-0.39, 0.29) is 11.8 Å². The van der Waals surface area contributed by atoms with Crippen LogP contribution in [0.15, 0.2) is 0 Å². The summed E-state index contributed by atoms with van der Waals surface area (Å²) in [6, 6.07) is 0.606. The minimum Gasteiger partial charge on any atom is -0.341 e. The van der Waals surface area contributed by atoms with E-state index in [9.17, 15) is 4.79 Å². The largest absolute Gasteiger partial charge is 0.341 e. The number of nitrogens with zero attached hydrogens (tertiary/aromatic N) is 2. The normalized spacial score (nSPS) is 28.6. The molecule has 0 bridgehead atoms. The standard InChI is InChI=1S/C12H21ClN2O/c1-10(8-13)12(16)15-7-3-6-14-5-2-4-11(14)9-15/h10-11H,2-9H2,1H3. The van der Waals surface area contributed by atoms with Gasteiger partial charge in [-0.05, 0) is 25.8 Å². The highest BCUT2D eigenvalue weighted by molar-refractivity contribution is 6.19. The van der Waals surface area contributed by atoms with E-state index in [1.165, 1.54) is 19.4 Å². The Morgan fingerprint density at radius 2 is 2.12 bits per heavy atom.